The summed E-state index contributed by atoms with van der Waals surface area (Å²) in [6.45, 7) is 0.914. The number of quaternary nitrogens is 1. The van der Waals surface area contributed by atoms with Crippen LogP contribution < -0.4 is 15.0 Å². The summed E-state index contributed by atoms with van der Waals surface area (Å²) in [5, 5.41) is 15.1. The highest BCUT2D eigenvalue weighted by atomic mass is 32.2. The number of methoxy groups -OCH3 is 1. The second-order valence-electron chi connectivity index (χ2n) is 7.02. The van der Waals surface area contributed by atoms with Gasteiger partial charge in [-0.05, 0) is 59.0 Å². The molecule has 1 fully saturated rings. The van der Waals surface area contributed by atoms with Crippen molar-refractivity contribution in [1.29, 1.82) is 0 Å². The Kier molecular flexibility index (Phi) is 5.98. The molecule has 0 spiro atoms. The number of hydrogen-bond donors (Lipinski definition) is 1. The van der Waals surface area contributed by atoms with Crippen LogP contribution in [0.2, 0.25) is 0 Å². The van der Waals surface area contributed by atoms with Crippen molar-refractivity contribution in [1.82, 2.24) is 20.2 Å². The molecular formula is C20H25N6O2S+. The molecule has 9 heteroatoms. The van der Waals surface area contributed by atoms with Crippen molar-refractivity contribution < 1.29 is 14.8 Å². The zero-order valence-electron chi connectivity index (χ0n) is 16.7. The summed E-state index contributed by atoms with van der Waals surface area (Å²) in [5.74, 6) is 1.59. The molecular weight excluding hydrogens is 388 g/mol. The van der Waals surface area contributed by atoms with Crippen LogP contribution in [-0.4, -0.2) is 59.8 Å². The highest BCUT2D eigenvalue weighted by molar-refractivity contribution is 7.99. The number of aromatic nitrogens is 4. The SMILES string of the molecule is COc1ccc(-n2nnnc2SC[C@H]2C[NH2+][C@@H](c3ccc(N(C)C)cc3)O2)cc1. The smallest absolute Gasteiger partial charge is 0.217 e. The van der Waals surface area contributed by atoms with Crippen molar-refractivity contribution >= 4 is 17.4 Å². The Labute approximate surface area is 174 Å². The van der Waals surface area contributed by atoms with E-state index in [0.29, 0.717) is 0 Å². The Balaban J connectivity index is 1.35. The van der Waals surface area contributed by atoms with Crippen LogP contribution in [0.25, 0.3) is 5.69 Å². The van der Waals surface area contributed by atoms with Crippen LogP contribution in [0.5, 0.6) is 5.75 Å². The van der Waals surface area contributed by atoms with Gasteiger partial charge in [0.15, 0.2) is 0 Å². The molecule has 1 aromatic heterocycles. The average Bonchev–Trinajstić information content (AvgIpc) is 3.42. The lowest BCUT2D eigenvalue weighted by Gasteiger charge is -2.14. The zero-order chi connectivity index (χ0) is 20.2. The lowest BCUT2D eigenvalue weighted by Crippen LogP contribution is -2.82. The summed E-state index contributed by atoms with van der Waals surface area (Å²) >= 11 is 1.60. The number of nitrogens with two attached hydrogens (primary N) is 1. The largest absolute Gasteiger partial charge is 0.497 e. The first-order chi connectivity index (χ1) is 14.1. The Bertz CT molecular complexity index is 929. The molecule has 29 heavy (non-hydrogen) atoms. The van der Waals surface area contributed by atoms with Gasteiger partial charge in [-0.3, -0.25) is 0 Å². The van der Waals surface area contributed by atoms with Gasteiger partial charge < -0.3 is 19.7 Å². The lowest BCUT2D eigenvalue weighted by molar-refractivity contribution is -0.697. The van der Waals surface area contributed by atoms with Gasteiger partial charge >= 0.3 is 0 Å². The van der Waals surface area contributed by atoms with Crippen LogP contribution in [-0.2, 0) is 4.74 Å². The maximum Gasteiger partial charge on any atom is 0.217 e. The summed E-state index contributed by atoms with van der Waals surface area (Å²) in [4.78, 5) is 2.09. The minimum absolute atomic E-state index is 0.0365. The summed E-state index contributed by atoms with van der Waals surface area (Å²) in [6, 6.07) is 16.2. The number of tetrazole rings is 1. The first-order valence-electron chi connectivity index (χ1n) is 9.45. The van der Waals surface area contributed by atoms with Gasteiger partial charge in [-0.25, -0.2) is 0 Å². The van der Waals surface area contributed by atoms with Crippen molar-refractivity contribution in [3.8, 4) is 11.4 Å². The molecule has 0 saturated carbocycles. The maximum atomic E-state index is 6.24. The van der Waals surface area contributed by atoms with Gasteiger partial charge in [-0.2, -0.15) is 4.68 Å². The molecule has 2 N–H and O–H groups in total. The third-order valence-corrected chi connectivity index (χ3v) is 5.90. The first kappa shape index (κ1) is 19.7. The molecule has 1 saturated heterocycles. The number of thioether (sulfide) groups is 1. The number of hydrogen-bond acceptors (Lipinski definition) is 7. The minimum atomic E-state index is 0.0365. The van der Waals surface area contributed by atoms with Gasteiger partial charge in [0.05, 0.1) is 12.8 Å². The van der Waals surface area contributed by atoms with E-state index in [2.05, 4.69) is 50.0 Å². The second-order valence-corrected chi connectivity index (χ2v) is 8.01. The van der Waals surface area contributed by atoms with Gasteiger partial charge in [0.25, 0.3) is 0 Å². The molecule has 0 unspecified atom stereocenters. The Morgan fingerprint density at radius 1 is 1.17 bits per heavy atom. The molecule has 1 aliphatic rings. The number of rotatable bonds is 7. The highest BCUT2D eigenvalue weighted by Crippen LogP contribution is 2.25. The summed E-state index contributed by atoms with van der Waals surface area (Å²) < 4.78 is 13.2. The molecule has 0 amide bonds. The standard InChI is InChI=1S/C20H24N6O2S/c1-25(2)15-6-4-14(5-7-15)19-21-12-18(28-19)13-29-20-22-23-24-26(20)16-8-10-17(27-3)11-9-16/h4-11,18-19,21H,12-13H2,1-3H3/p+1/t18-,19-/m1/s1. The third kappa shape index (κ3) is 4.52. The van der Waals surface area contributed by atoms with Crippen molar-refractivity contribution in [3.63, 3.8) is 0 Å². The predicted molar refractivity (Wildman–Crippen MR) is 112 cm³/mol. The number of ether oxygens (including phenoxy) is 2. The molecule has 4 rings (SSSR count). The first-order valence-corrected chi connectivity index (χ1v) is 10.4. The molecule has 2 heterocycles. The molecule has 0 aliphatic carbocycles. The van der Waals surface area contributed by atoms with Gasteiger partial charge in [0.1, 0.15) is 18.4 Å². The van der Waals surface area contributed by atoms with Crippen molar-refractivity contribution in [2.75, 3.05) is 38.4 Å². The molecule has 1 aliphatic heterocycles. The third-order valence-electron chi connectivity index (χ3n) is 4.85. The van der Waals surface area contributed by atoms with Crippen LogP contribution in [0, 0.1) is 0 Å². The molecule has 2 aromatic carbocycles. The molecule has 0 radical (unpaired) electrons. The highest BCUT2D eigenvalue weighted by Gasteiger charge is 2.30. The van der Waals surface area contributed by atoms with E-state index in [1.54, 1.807) is 23.6 Å². The normalized spacial score (nSPS) is 18.7. The van der Waals surface area contributed by atoms with Crippen molar-refractivity contribution in [2.45, 2.75) is 17.5 Å². The van der Waals surface area contributed by atoms with Gasteiger partial charge in [-0.1, -0.05) is 11.8 Å². The fourth-order valence-electron chi connectivity index (χ4n) is 3.20. The van der Waals surface area contributed by atoms with Crippen LogP contribution in [0.1, 0.15) is 11.8 Å². The molecule has 152 valence electrons. The van der Waals surface area contributed by atoms with E-state index in [9.17, 15) is 0 Å². The summed E-state index contributed by atoms with van der Waals surface area (Å²) in [5.41, 5.74) is 3.27. The van der Waals surface area contributed by atoms with E-state index in [4.69, 9.17) is 9.47 Å². The van der Waals surface area contributed by atoms with E-state index >= 15 is 0 Å². The minimum Gasteiger partial charge on any atom is -0.497 e. The average molecular weight is 414 g/mol. The molecule has 3 aromatic rings. The maximum absolute atomic E-state index is 6.24. The molecule has 8 nitrogen and oxygen atoms in total. The van der Waals surface area contributed by atoms with Crippen LogP contribution in [0.4, 0.5) is 5.69 Å². The fraction of sp³-hybridized carbons (Fsp3) is 0.350. The molecule has 0 bridgehead atoms. The van der Waals surface area contributed by atoms with Crippen LogP contribution >= 0.6 is 11.8 Å². The Hall–Kier alpha value is -2.62. The van der Waals surface area contributed by atoms with E-state index in [1.165, 1.54) is 11.3 Å². The van der Waals surface area contributed by atoms with Crippen LogP contribution in [0.15, 0.2) is 53.7 Å². The number of benzene rings is 2. The van der Waals surface area contributed by atoms with Gasteiger partial charge in [-0.15, -0.1) is 5.10 Å². The van der Waals surface area contributed by atoms with Crippen molar-refractivity contribution in [3.05, 3.63) is 54.1 Å². The quantitative estimate of drug-likeness (QED) is 0.588. The summed E-state index contributed by atoms with van der Waals surface area (Å²) in [7, 11) is 5.73. The monoisotopic (exact) mass is 413 g/mol. The zero-order valence-corrected chi connectivity index (χ0v) is 17.5. The topological polar surface area (TPSA) is 81.9 Å². The summed E-state index contributed by atoms with van der Waals surface area (Å²) in [6.07, 6.45) is 0.175. The van der Waals surface area contributed by atoms with Crippen LogP contribution in [0.3, 0.4) is 0 Å². The van der Waals surface area contributed by atoms with Gasteiger partial charge in [0, 0.05) is 31.1 Å². The van der Waals surface area contributed by atoms with Gasteiger partial charge in [0.2, 0.25) is 11.4 Å². The van der Waals surface area contributed by atoms with E-state index in [-0.39, 0.29) is 12.3 Å². The second kappa shape index (κ2) is 8.81. The Morgan fingerprint density at radius 2 is 1.93 bits per heavy atom. The van der Waals surface area contributed by atoms with E-state index < -0.39 is 0 Å². The predicted octanol–water partition coefficient (Wildman–Crippen LogP) is 1.49. The van der Waals surface area contributed by atoms with E-state index in [0.717, 1.165) is 28.9 Å². The number of anilines is 1. The lowest BCUT2D eigenvalue weighted by atomic mass is 10.2. The Morgan fingerprint density at radius 3 is 2.62 bits per heavy atom. The fourth-order valence-corrected chi connectivity index (χ4v) is 4.11. The number of nitrogens with zero attached hydrogens (tertiary/aromatic N) is 5. The van der Waals surface area contributed by atoms with E-state index in [1.807, 2.05) is 38.4 Å². The molecule has 2 atom stereocenters. The van der Waals surface area contributed by atoms with Crippen molar-refractivity contribution in [2.24, 2.45) is 0 Å².